The largest absolute Gasteiger partial charge is 0.396 e. The maximum Gasteiger partial charge on any atom is 0.0544 e. The zero-order valence-corrected chi connectivity index (χ0v) is 14.7. The van der Waals surface area contributed by atoms with Crippen molar-refractivity contribution < 1.29 is 10.2 Å². The van der Waals surface area contributed by atoms with Gasteiger partial charge in [-0.25, -0.2) is 0 Å². The van der Waals surface area contributed by atoms with Crippen LogP contribution in [0.25, 0.3) is 0 Å². The summed E-state index contributed by atoms with van der Waals surface area (Å²) in [7, 11) is 0. The normalized spacial score (nSPS) is 27.5. The van der Waals surface area contributed by atoms with Gasteiger partial charge < -0.3 is 15.9 Å². The van der Waals surface area contributed by atoms with E-state index in [9.17, 15) is 5.11 Å². The van der Waals surface area contributed by atoms with Crippen molar-refractivity contribution in [3.63, 3.8) is 0 Å². The second-order valence-electron chi connectivity index (χ2n) is 7.67. The van der Waals surface area contributed by atoms with Crippen LogP contribution in [-0.2, 0) is 11.8 Å². The summed E-state index contributed by atoms with van der Waals surface area (Å²) in [6.07, 6.45) is 4.84. The van der Waals surface area contributed by atoms with Gasteiger partial charge in [0.2, 0.25) is 0 Å². The number of fused-ring (bicyclic) bond motifs is 1. The van der Waals surface area contributed by atoms with Crippen molar-refractivity contribution in [1.29, 1.82) is 0 Å². The molecule has 0 aliphatic heterocycles. The SMILES string of the molecule is C[C@@H](CO)CC(O)CC[C@]1(C)c2ncccc2C[C@H]1[C@@H](C)CN. The standard InChI is InChI=1S/C19H32N2O2/c1-13(12-22)9-16(23)6-7-19(3)17(14(2)11-20)10-15-5-4-8-21-18(15)19/h4-5,8,13-14,16-17,22-23H,6-7,9-12,20H2,1-3H3/t13-,14+,16?,17+,19+/m1/s1. The number of nitrogens with two attached hydrogens (primary N) is 1. The molecule has 0 aromatic carbocycles. The molecule has 0 amide bonds. The van der Waals surface area contributed by atoms with E-state index in [1.54, 1.807) is 0 Å². The van der Waals surface area contributed by atoms with E-state index in [-0.39, 0.29) is 24.0 Å². The van der Waals surface area contributed by atoms with Gasteiger partial charge in [-0.2, -0.15) is 0 Å². The molecule has 4 nitrogen and oxygen atoms in total. The number of aliphatic hydroxyl groups excluding tert-OH is 2. The highest BCUT2D eigenvalue weighted by atomic mass is 16.3. The van der Waals surface area contributed by atoms with E-state index in [2.05, 4.69) is 24.9 Å². The molecule has 1 aromatic heterocycles. The Labute approximate surface area is 140 Å². The smallest absolute Gasteiger partial charge is 0.0544 e. The molecule has 0 radical (unpaired) electrons. The van der Waals surface area contributed by atoms with E-state index < -0.39 is 0 Å². The summed E-state index contributed by atoms with van der Waals surface area (Å²) in [5.41, 5.74) is 8.44. The summed E-state index contributed by atoms with van der Waals surface area (Å²) >= 11 is 0. The number of pyridine rings is 1. The number of nitrogens with zero attached hydrogens (tertiary/aromatic N) is 1. The van der Waals surface area contributed by atoms with Crippen molar-refractivity contribution in [2.45, 2.75) is 58.0 Å². The minimum absolute atomic E-state index is 0.0290. The van der Waals surface area contributed by atoms with Gasteiger partial charge in [0.25, 0.3) is 0 Å². The lowest BCUT2D eigenvalue weighted by molar-refractivity contribution is 0.0975. The van der Waals surface area contributed by atoms with E-state index in [0.29, 0.717) is 24.8 Å². The Morgan fingerprint density at radius 2 is 2.17 bits per heavy atom. The molecule has 23 heavy (non-hydrogen) atoms. The minimum Gasteiger partial charge on any atom is -0.396 e. The first kappa shape index (κ1) is 18.4. The monoisotopic (exact) mass is 320 g/mol. The maximum absolute atomic E-state index is 10.3. The van der Waals surface area contributed by atoms with Crippen LogP contribution in [0.1, 0.15) is 51.3 Å². The molecule has 0 saturated carbocycles. The third kappa shape index (κ3) is 3.93. The third-order valence-corrected chi connectivity index (χ3v) is 5.73. The molecule has 0 saturated heterocycles. The maximum atomic E-state index is 10.3. The molecule has 2 rings (SSSR count). The molecule has 1 heterocycles. The second-order valence-corrected chi connectivity index (χ2v) is 7.67. The molecule has 4 heteroatoms. The van der Waals surface area contributed by atoms with Crippen LogP contribution in [0.2, 0.25) is 0 Å². The van der Waals surface area contributed by atoms with Crippen LogP contribution in [0.5, 0.6) is 0 Å². The molecule has 1 aliphatic rings. The average molecular weight is 320 g/mol. The summed E-state index contributed by atoms with van der Waals surface area (Å²) in [5.74, 6) is 1.05. The van der Waals surface area contributed by atoms with Gasteiger partial charge in [0.15, 0.2) is 0 Å². The lowest BCUT2D eigenvalue weighted by Gasteiger charge is -2.36. The molecule has 1 aliphatic carbocycles. The fraction of sp³-hybridized carbons (Fsp3) is 0.737. The van der Waals surface area contributed by atoms with E-state index >= 15 is 0 Å². The fourth-order valence-corrected chi connectivity index (χ4v) is 4.18. The van der Waals surface area contributed by atoms with E-state index in [4.69, 9.17) is 10.8 Å². The van der Waals surface area contributed by atoms with Gasteiger partial charge in [-0.1, -0.05) is 26.8 Å². The Balaban J connectivity index is 2.14. The zero-order valence-electron chi connectivity index (χ0n) is 14.7. The Bertz CT molecular complexity index is 508. The van der Waals surface area contributed by atoms with E-state index in [1.165, 1.54) is 11.3 Å². The van der Waals surface area contributed by atoms with Crippen LogP contribution in [0.15, 0.2) is 18.3 Å². The molecular weight excluding hydrogens is 288 g/mol. The van der Waals surface area contributed by atoms with Gasteiger partial charge in [0.1, 0.15) is 0 Å². The summed E-state index contributed by atoms with van der Waals surface area (Å²) < 4.78 is 0. The Morgan fingerprint density at radius 3 is 2.83 bits per heavy atom. The number of rotatable bonds is 8. The molecule has 0 bridgehead atoms. The first-order valence-electron chi connectivity index (χ1n) is 8.85. The van der Waals surface area contributed by atoms with Crippen molar-refractivity contribution in [3.8, 4) is 0 Å². The lowest BCUT2D eigenvalue weighted by Crippen LogP contribution is -2.37. The summed E-state index contributed by atoms with van der Waals surface area (Å²) in [4.78, 5) is 4.67. The van der Waals surface area contributed by atoms with Gasteiger partial charge in [-0.3, -0.25) is 4.98 Å². The molecule has 5 atom stereocenters. The van der Waals surface area contributed by atoms with Crippen LogP contribution in [0.3, 0.4) is 0 Å². The Morgan fingerprint density at radius 1 is 1.43 bits per heavy atom. The van der Waals surface area contributed by atoms with Crippen molar-refractivity contribution in [2.24, 2.45) is 23.5 Å². The van der Waals surface area contributed by atoms with Crippen LogP contribution < -0.4 is 5.73 Å². The molecule has 130 valence electrons. The molecule has 0 spiro atoms. The second kappa shape index (κ2) is 7.73. The first-order chi connectivity index (χ1) is 10.9. The first-order valence-corrected chi connectivity index (χ1v) is 8.85. The van der Waals surface area contributed by atoms with Crippen LogP contribution in [0, 0.1) is 17.8 Å². The number of aromatic nitrogens is 1. The van der Waals surface area contributed by atoms with Crippen molar-refractivity contribution in [1.82, 2.24) is 4.98 Å². The van der Waals surface area contributed by atoms with Crippen molar-refractivity contribution >= 4 is 0 Å². The Hall–Kier alpha value is -0.970. The van der Waals surface area contributed by atoms with Gasteiger partial charge in [0, 0.05) is 23.9 Å². The van der Waals surface area contributed by atoms with Crippen LogP contribution >= 0.6 is 0 Å². The highest BCUT2D eigenvalue weighted by molar-refractivity contribution is 5.35. The number of hydrogen-bond acceptors (Lipinski definition) is 4. The van der Waals surface area contributed by atoms with Crippen molar-refractivity contribution in [3.05, 3.63) is 29.6 Å². The highest BCUT2D eigenvalue weighted by Crippen LogP contribution is 2.48. The van der Waals surface area contributed by atoms with E-state index in [1.807, 2.05) is 19.2 Å². The molecule has 4 N–H and O–H groups in total. The highest BCUT2D eigenvalue weighted by Gasteiger charge is 2.45. The molecule has 1 aromatic rings. The summed E-state index contributed by atoms with van der Waals surface area (Å²) in [6.45, 7) is 7.28. The quantitative estimate of drug-likeness (QED) is 0.686. The van der Waals surface area contributed by atoms with Gasteiger partial charge in [0.05, 0.1) is 6.10 Å². The number of hydrogen-bond donors (Lipinski definition) is 3. The Kier molecular flexibility index (Phi) is 6.18. The van der Waals surface area contributed by atoms with E-state index in [0.717, 1.165) is 19.3 Å². The lowest BCUT2D eigenvalue weighted by atomic mass is 9.69. The van der Waals surface area contributed by atoms with Gasteiger partial charge in [-0.05, 0) is 61.6 Å². The van der Waals surface area contributed by atoms with Crippen LogP contribution in [-0.4, -0.2) is 34.5 Å². The zero-order chi connectivity index (χ0) is 17.0. The predicted octanol–water partition coefficient (Wildman–Crippen LogP) is 2.27. The summed E-state index contributed by atoms with van der Waals surface area (Å²) in [6, 6.07) is 4.18. The fourth-order valence-electron chi connectivity index (χ4n) is 4.18. The van der Waals surface area contributed by atoms with Crippen LogP contribution in [0.4, 0.5) is 0 Å². The van der Waals surface area contributed by atoms with Gasteiger partial charge >= 0.3 is 0 Å². The molecule has 0 fully saturated rings. The summed E-state index contributed by atoms with van der Waals surface area (Å²) in [5, 5.41) is 19.5. The predicted molar refractivity (Wildman–Crippen MR) is 93.1 cm³/mol. The molecule has 1 unspecified atom stereocenters. The number of aliphatic hydroxyl groups is 2. The topological polar surface area (TPSA) is 79.4 Å². The van der Waals surface area contributed by atoms with Gasteiger partial charge in [-0.15, -0.1) is 0 Å². The average Bonchev–Trinajstić information content (AvgIpc) is 2.86. The molecular formula is C19H32N2O2. The minimum atomic E-state index is -0.365. The third-order valence-electron chi connectivity index (χ3n) is 5.73. The van der Waals surface area contributed by atoms with Crippen molar-refractivity contribution in [2.75, 3.05) is 13.2 Å².